The second-order valence-electron chi connectivity index (χ2n) is 5.87. The van der Waals surface area contributed by atoms with Crippen molar-refractivity contribution in [1.82, 2.24) is 0 Å². The first-order valence-electron chi connectivity index (χ1n) is 7.32. The van der Waals surface area contributed by atoms with Gasteiger partial charge in [0.25, 0.3) is 0 Å². The molecule has 2 aliphatic rings. The molecule has 1 N–H and O–H groups in total. The molecule has 0 bridgehead atoms. The molecule has 0 amide bonds. The summed E-state index contributed by atoms with van der Waals surface area (Å²) < 4.78 is 10.9. The number of benzene rings is 1. The molecule has 20 heavy (non-hydrogen) atoms. The topological polar surface area (TPSA) is 47.6 Å². The number of fused-ring (bicyclic) bond motifs is 1. The molecule has 4 heteroatoms. The largest absolute Gasteiger partial charge is 0.491 e. The molecule has 1 aromatic carbocycles. The minimum absolute atomic E-state index is 0.213. The van der Waals surface area contributed by atoms with Gasteiger partial charge in [-0.15, -0.1) is 0 Å². The molecule has 1 fully saturated rings. The van der Waals surface area contributed by atoms with E-state index < -0.39 is 0 Å². The molecule has 0 unspecified atom stereocenters. The minimum atomic E-state index is -0.322. The number of rotatable bonds is 1. The van der Waals surface area contributed by atoms with Gasteiger partial charge in [-0.2, -0.15) is 0 Å². The molecule has 1 saturated carbocycles. The normalized spacial score (nSPS) is 20.2. The van der Waals surface area contributed by atoms with Gasteiger partial charge in [0.15, 0.2) is 0 Å². The van der Waals surface area contributed by atoms with E-state index in [-0.39, 0.29) is 11.4 Å². The highest BCUT2D eigenvalue weighted by molar-refractivity contribution is 5.97. The number of anilines is 1. The second-order valence-corrected chi connectivity index (χ2v) is 5.87. The van der Waals surface area contributed by atoms with Crippen LogP contribution in [0.25, 0.3) is 0 Å². The highest BCUT2D eigenvalue weighted by Crippen LogP contribution is 2.41. The molecule has 3 rings (SSSR count). The summed E-state index contributed by atoms with van der Waals surface area (Å²) in [6.07, 6.45) is 6.25. The fraction of sp³-hybridized carbons (Fsp3) is 0.562. The maximum atomic E-state index is 11.8. The number of para-hydroxylation sites is 1. The first-order valence-corrected chi connectivity index (χ1v) is 7.32. The van der Waals surface area contributed by atoms with Crippen molar-refractivity contribution in [2.45, 2.75) is 32.1 Å². The summed E-state index contributed by atoms with van der Waals surface area (Å²) in [7, 11) is 1.40. The van der Waals surface area contributed by atoms with Crippen molar-refractivity contribution in [2.75, 3.05) is 25.6 Å². The summed E-state index contributed by atoms with van der Waals surface area (Å²) in [5, 5.41) is 3.44. The fourth-order valence-corrected chi connectivity index (χ4v) is 3.29. The quantitative estimate of drug-likeness (QED) is 0.799. The van der Waals surface area contributed by atoms with E-state index in [4.69, 9.17) is 9.47 Å². The van der Waals surface area contributed by atoms with Gasteiger partial charge in [-0.05, 0) is 25.0 Å². The lowest BCUT2D eigenvalue weighted by atomic mass is 9.74. The van der Waals surface area contributed by atoms with Crippen LogP contribution < -0.4 is 10.1 Å². The smallest absolute Gasteiger partial charge is 0.340 e. The zero-order valence-corrected chi connectivity index (χ0v) is 11.9. The van der Waals surface area contributed by atoms with Crippen molar-refractivity contribution in [2.24, 2.45) is 5.41 Å². The molecule has 1 spiro atoms. The van der Waals surface area contributed by atoms with E-state index in [9.17, 15) is 4.79 Å². The molecule has 1 aliphatic heterocycles. The highest BCUT2D eigenvalue weighted by Gasteiger charge is 2.35. The van der Waals surface area contributed by atoms with Crippen molar-refractivity contribution < 1.29 is 14.3 Å². The van der Waals surface area contributed by atoms with Crippen LogP contribution in [0.4, 0.5) is 5.69 Å². The van der Waals surface area contributed by atoms with Crippen LogP contribution in [0.2, 0.25) is 0 Å². The van der Waals surface area contributed by atoms with Crippen molar-refractivity contribution >= 4 is 11.7 Å². The third-order valence-corrected chi connectivity index (χ3v) is 4.52. The van der Waals surface area contributed by atoms with Gasteiger partial charge in [-0.1, -0.05) is 25.3 Å². The number of hydrogen-bond acceptors (Lipinski definition) is 4. The Kier molecular flexibility index (Phi) is 3.55. The lowest BCUT2D eigenvalue weighted by molar-refractivity contribution is 0.0601. The molecular formula is C16H21NO3. The Bertz CT molecular complexity index is 506. The predicted molar refractivity (Wildman–Crippen MR) is 77.3 cm³/mol. The van der Waals surface area contributed by atoms with E-state index in [0.29, 0.717) is 5.56 Å². The fourth-order valence-electron chi connectivity index (χ4n) is 3.29. The zero-order chi connectivity index (χ0) is 14.0. The monoisotopic (exact) mass is 275 g/mol. The van der Waals surface area contributed by atoms with Crippen LogP contribution in [0.5, 0.6) is 5.75 Å². The van der Waals surface area contributed by atoms with Gasteiger partial charge in [0.2, 0.25) is 0 Å². The number of ether oxygens (including phenoxy) is 2. The molecule has 1 aliphatic carbocycles. The maximum absolute atomic E-state index is 11.8. The van der Waals surface area contributed by atoms with Gasteiger partial charge in [0.05, 0.1) is 25.0 Å². The number of nitrogens with one attached hydrogen (secondary N) is 1. The highest BCUT2D eigenvalue weighted by atomic mass is 16.5. The van der Waals surface area contributed by atoms with Crippen LogP contribution in [0, 0.1) is 5.41 Å². The molecule has 0 aromatic heterocycles. The number of methoxy groups -OCH3 is 1. The van der Waals surface area contributed by atoms with E-state index in [0.717, 1.165) is 24.6 Å². The van der Waals surface area contributed by atoms with E-state index in [2.05, 4.69) is 5.32 Å². The maximum Gasteiger partial charge on any atom is 0.340 e. The SMILES string of the molecule is COC(=O)c1cccc2c1NCC1(CCCCC1)CO2. The van der Waals surface area contributed by atoms with Crippen LogP contribution in [-0.4, -0.2) is 26.2 Å². The molecule has 0 saturated heterocycles. The lowest BCUT2D eigenvalue weighted by Crippen LogP contribution is -2.36. The van der Waals surface area contributed by atoms with Gasteiger partial charge < -0.3 is 14.8 Å². The molecule has 108 valence electrons. The Morgan fingerprint density at radius 2 is 2.10 bits per heavy atom. The first-order chi connectivity index (χ1) is 9.74. The third kappa shape index (κ3) is 2.35. The molecule has 0 atom stereocenters. The van der Waals surface area contributed by atoms with Gasteiger partial charge >= 0.3 is 5.97 Å². The van der Waals surface area contributed by atoms with Crippen molar-refractivity contribution in [3.8, 4) is 5.75 Å². The van der Waals surface area contributed by atoms with Crippen molar-refractivity contribution in [3.05, 3.63) is 23.8 Å². The predicted octanol–water partition coefficient (Wildman–Crippen LogP) is 3.23. The Hall–Kier alpha value is -1.71. The minimum Gasteiger partial charge on any atom is -0.491 e. The Morgan fingerprint density at radius 3 is 2.85 bits per heavy atom. The zero-order valence-electron chi connectivity index (χ0n) is 11.9. The van der Waals surface area contributed by atoms with E-state index in [1.54, 1.807) is 6.07 Å². The number of carbonyl (C=O) groups excluding carboxylic acids is 1. The van der Waals surface area contributed by atoms with Crippen molar-refractivity contribution in [1.29, 1.82) is 0 Å². The van der Waals surface area contributed by atoms with Crippen LogP contribution in [-0.2, 0) is 4.74 Å². The average Bonchev–Trinajstić information content (AvgIpc) is 2.68. The molecule has 1 aromatic rings. The van der Waals surface area contributed by atoms with Crippen molar-refractivity contribution in [3.63, 3.8) is 0 Å². The van der Waals surface area contributed by atoms with E-state index in [1.165, 1.54) is 39.2 Å². The Morgan fingerprint density at radius 1 is 1.30 bits per heavy atom. The standard InChI is InChI=1S/C16H21NO3/c1-19-15(18)12-6-5-7-13-14(12)17-10-16(11-20-13)8-3-2-4-9-16/h5-7,17H,2-4,8-11H2,1H3. The summed E-state index contributed by atoms with van der Waals surface area (Å²) in [4.78, 5) is 11.8. The Labute approximate surface area is 119 Å². The third-order valence-electron chi connectivity index (χ3n) is 4.52. The average molecular weight is 275 g/mol. The van der Waals surface area contributed by atoms with Gasteiger partial charge in [-0.3, -0.25) is 0 Å². The molecule has 4 nitrogen and oxygen atoms in total. The molecule has 0 radical (unpaired) electrons. The molecular weight excluding hydrogens is 254 g/mol. The van der Waals surface area contributed by atoms with Gasteiger partial charge in [-0.25, -0.2) is 4.79 Å². The lowest BCUT2D eigenvalue weighted by Gasteiger charge is -2.35. The summed E-state index contributed by atoms with van der Waals surface area (Å²) in [5.41, 5.74) is 1.55. The Balaban J connectivity index is 1.88. The van der Waals surface area contributed by atoms with Crippen LogP contribution >= 0.6 is 0 Å². The number of esters is 1. The van der Waals surface area contributed by atoms with E-state index >= 15 is 0 Å². The van der Waals surface area contributed by atoms with Gasteiger partial charge in [0, 0.05) is 12.0 Å². The summed E-state index contributed by atoms with van der Waals surface area (Å²) >= 11 is 0. The van der Waals surface area contributed by atoms with Gasteiger partial charge in [0.1, 0.15) is 5.75 Å². The number of carbonyl (C=O) groups is 1. The second kappa shape index (κ2) is 5.35. The summed E-state index contributed by atoms with van der Waals surface area (Å²) in [5.74, 6) is 0.438. The van der Waals surface area contributed by atoms with Crippen LogP contribution in [0.1, 0.15) is 42.5 Å². The summed E-state index contributed by atoms with van der Waals surface area (Å²) in [6, 6.07) is 5.53. The van der Waals surface area contributed by atoms with Crippen LogP contribution in [0.3, 0.4) is 0 Å². The number of hydrogen-bond donors (Lipinski definition) is 1. The van der Waals surface area contributed by atoms with Crippen LogP contribution in [0.15, 0.2) is 18.2 Å². The summed E-state index contributed by atoms with van der Waals surface area (Å²) in [6.45, 7) is 1.60. The molecule has 1 heterocycles. The van der Waals surface area contributed by atoms with E-state index in [1.807, 2.05) is 12.1 Å². The first kappa shape index (κ1) is 13.3.